The van der Waals surface area contributed by atoms with E-state index in [0.717, 1.165) is 25.9 Å². The Labute approximate surface area is 139 Å². The Morgan fingerprint density at radius 2 is 2.21 bits per heavy atom. The van der Waals surface area contributed by atoms with Gasteiger partial charge < -0.3 is 20.1 Å². The highest BCUT2D eigenvalue weighted by Crippen LogP contribution is 2.15. The minimum Gasteiger partial charge on any atom is -0.469 e. The third kappa shape index (κ3) is 4.54. The summed E-state index contributed by atoms with van der Waals surface area (Å²) in [6.07, 6.45) is 3.47. The molecule has 2 rings (SSSR count). The molecule has 2 N–H and O–H groups in total. The van der Waals surface area contributed by atoms with Gasteiger partial charge in [0.05, 0.1) is 26.7 Å². The van der Waals surface area contributed by atoms with Crippen LogP contribution >= 0.6 is 0 Å². The standard InChI is InChI=1S/C15H22N4O5/c1-23-13(20)8-12(15(22)24-2)17-14(21)11-5-7-19(18-11)10-4-3-6-16-9-10/h5,7,10,12,16H,3-4,6,8-9H2,1-2H3,(H,17,21). The van der Waals surface area contributed by atoms with Gasteiger partial charge in [0.15, 0.2) is 0 Å². The van der Waals surface area contributed by atoms with Gasteiger partial charge in [-0.3, -0.25) is 14.3 Å². The lowest BCUT2D eigenvalue weighted by atomic mass is 10.1. The van der Waals surface area contributed by atoms with Crippen LogP contribution in [0.3, 0.4) is 0 Å². The number of ether oxygens (including phenoxy) is 2. The number of amides is 1. The fraction of sp³-hybridized carbons (Fsp3) is 0.600. The van der Waals surface area contributed by atoms with Gasteiger partial charge in [-0.15, -0.1) is 0 Å². The Morgan fingerprint density at radius 3 is 2.83 bits per heavy atom. The van der Waals surface area contributed by atoms with E-state index >= 15 is 0 Å². The minimum absolute atomic E-state index is 0.180. The second-order valence-electron chi connectivity index (χ2n) is 5.51. The largest absolute Gasteiger partial charge is 0.469 e. The van der Waals surface area contributed by atoms with E-state index in [0.29, 0.717) is 0 Å². The summed E-state index contributed by atoms with van der Waals surface area (Å²) >= 11 is 0. The van der Waals surface area contributed by atoms with Crippen molar-refractivity contribution in [2.45, 2.75) is 31.3 Å². The van der Waals surface area contributed by atoms with E-state index in [2.05, 4.69) is 25.2 Å². The number of hydrogen-bond donors (Lipinski definition) is 2. The third-order valence-electron chi connectivity index (χ3n) is 3.88. The zero-order valence-corrected chi connectivity index (χ0v) is 13.8. The average molecular weight is 338 g/mol. The summed E-state index contributed by atoms with van der Waals surface area (Å²) in [5.41, 5.74) is 0.180. The molecule has 1 amide bonds. The lowest BCUT2D eigenvalue weighted by molar-refractivity contribution is -0.149. The Hall–Kier alpha value is -2.42. The van der Waals surface area contributed by atoms with Crippen molar-refractivity contribution >= 4 is 17.8 Å². The molecule has 1 aliphatic heterocycles. The molecule has 9 nitrogen and oxygen atoms in total. The molecule has 9 heteroatoms. The number of esters is 2. The van der Waals surface area contributed by atoms with E-state index in [-0.39, 0.29) is 18.2 Å². The molecular formula is C15H22N4O5. The first-order chi connectivity index (χ1) is 11.5. The van der Waals surface area contributed by atoms with E-state index in [1.54, 1.807) is 16.9 Å². The quantitative estimate of drug-likeness (QED) is 0.681. The number of nitrogens with one attached hydrogen (secondary N) is 2. The molecule has 1 fully saturated rings. The summed E-state index contributed by atoms with van der Waals surface area (Å²) in [7, 11) is 2.39. The van der Waals surface area contributed by atoms with Crippen molar-refractivity contribution in [2.75, 3.05) is 27.3 Å². The van der Waals surface area contributed by atoms with Crippen molar-refractivity contribution in [1.29, 1.82) is 0 Å². The number of nitrogens with zero attached hydrogens (tertiary/aromatic N) is 2. The van der Waals surface area contributed by atoms with Crippen LogP contribution in [0.4, 0.5) is 0 Å². The Morgan fingerprint density at radius 1 is 1.42 bits per heavy atom. The highest BCUT2D eigenvalue weighted by Gasteiger charge is 2.27. The fourth-order valence-corrected chi connectivity index (χ4v) is 2.54. The Kier molecular flexibility index (Phi) is 6.30. The second kappa shape index (κ2) is 8.44. The normalized spacial score (nSPS) is 18.5. The molecular weight excluding hydrogens is 316 g/mol. The summed E-state index contributed by atoms with van der Waals surface area (Å²) < 4.78 is 10.9. The maximum atomic E-state index is 12.3. The molecule has 2 atom stereocenters. The number of carbonyl (C=O) groups is 3. The van der Waals surface area contributed by atoms with Gasteiger partial charge in [0.2, 0.25) is 0 Å². The fourth-order valence-electron chi connectivity index (χ4n) is 2.54. The molecule has 132 valence electrons. The van der Waals surface area contributed by atoms with Crippen molar-refractivity contribution in [1.82, 2.24) is 20.4 Å². The summed E-state index contributed by atoms with van der Waals surface area (Å²) in [5, 5.41) is 10.0. The van der Waals surface area contributed by atoms with Crippen molar-refractivity contribution in [3.8, 4) is 0 Å². The number of piperidine rings is 1. The molecule has 1 aromatic heterocycles. The number of rotatable bonds is 6. The van der Waals surface area contributed by atoms with Crippen LogP contribution in [0, 0.1) is 0 Å². The second-order valence-corrected chi connectivity index (χ2v) is 5.51. The van der Waals surface area contributed by atoms with Crippen LogP contribution in [0.25, 0.3) is 0 Å². The SMILES string of the molecule is COC(=O)CC(NC(=O)c1ccn(C2CCCNC2)n1)C(=O)OC. The van der Waals surface area contributed by atoms with Crippen LogP contribution < -0.4 is 10.6 Å². The first-order valence-corrected chi connectivity index (χ1v) is 7.76. The van der Waals surface area contributed by atoms with Crippen LogP contribution in [-0.4, -0.2) is 61.0 Å². The molecule has 0 radical (unpaired) electrons. The van der Waals surface area contributed by atoms with Crippen molar-refractivity contribution < 1.29 is 23.9 Å². The minimum atomic E-state index is -1.11. The highest BCUT2D eigenvalue weighted by molar-refractivity contribution is 5.96. The monoisotopic (exact) mass is 338 g/mol. The van der Waals surface area contributed by atoms with Crippen LogP contribution in [0.2, 0.25) is 0 Å². The molecule has 1 aromatic rings. The van der Waals surface area contributed by atoms with Gasteiger partial charge in [-0.25, -0.2) is 4.79 Å². The molecule has 2 unspecified atom stereocenters. The van der Waals surface area contributed by atoms with Crippen LogP contribution in [0.15, 0.2) is 12.3 Å². The van der Waals surface area contributed by atoms with Crippen molar-refractivity contribution in [2.24, 2.45) is 0 Å². The summed E-state index contributed by atoms with van der Waals surface area (Å²) in [6, 6.07) is 0.666. The number of hydrogen-bond acceptors (Lipinski definition) is 7. The van der Waals surface area contributed by atoms with Gasteiger partial charge in [0, 0.05) is 12.7 Å². The molecule has 0 saturated carbocycles. The van der Waals surface area contributed by atoms with E-state index in [9.17, 15) is 14.4 Å². The number of carbonyl (C=O) groups excluding carboxylic acids is 3. The smallest absolute Gasteiger partial charge is 0.328 e. The van der Waals surface area contributed by atoms with Crippen molar-refractivity contribution in [3.63, 3.8) is 0 Å². The van der Waals surface area contributed by atoms with Gasteiger partial charge in [-0.05, 0) is 25.5 Å². The van der Waals surface area contributed by atoms with Crippen LogP contribution in [0.5, 0.6) is 0 Å². The first kappa shape index (κ1) is 17.9. The van der Waals surface area contributed by atoms with Crippen LogP contribution in [0.1, 0.15) is 35.8 Å². The Bertz CT molecular complexity index is 594. The lowest BCUT2D eigenvalue weighted by Gasteiger charge is -2.22. The molecule has 1 aliphatic rings. The molecule has 0 bridgehead atoms. The van der Waals surface area contributed by atoms with Gasteiger partial charge in [-0.2, -0.15) is 5.10 Å². The summed E-state index contributed by atoms with van der Waals surface area (Å²) in [6.45, 7) is 1.79. The predicted octanol–water partition coefficient (Wildman–Crippen LogP) is -0.358. The molecule has 0 aromatic carbocycles. The van der Waals surface area contributed by atoms with E-state index < -0.39 is 23.9 Å². The molecule has 0 spiro atoms. The van der Waals surface area contributed by atoms with E-state index in [1.165, 1.54) is 14.2 Å². The average Bonchev–Trinajstić information content (AvgIpc) is 3.11. The van der Waals surface area contributed by atoms with Gasteiger partial charge in [-0.1, -0.05) is 0 Å². The summed E-state index contributed by atoms with van der Waals surface area (Å²) in [5.74, 6) is -1.88. The van der Waals surface area contributed by atoms with E-state index in [4.69, 9.17) is 0 Å². The zero-order valence-electron chi connectivity index (χ0n) is 13.8. The van der Waals surface area contributed by atoms with Gasteiger partial charge in [0.1, 0.15) is 11.7 Å². The molecule has 0 aliphatic carbocycles. The van der Waals surface area contributed by atoms with Crippen LogP contribution in [-0.2, 0) is 19.1 Å². The van der Waals surface area contributed by atoms with Gasteiger partial charge >= 0.3 is 11.9 Å². The maximum absolute atomic E-state index is 12.3. The first-order valence-electron chi connectivity index (χ1n) is 7.76. The topological polar surface area (TPSA) is 112 Å². The molecule has 2 heterocycles. The lowest BCUT2D eigenvalue weighted by Crippen LogP contribution is -2.43. The Balaban J connectivity index is 2.02. The van der Waals surface area contributed by atoms with E-state index in [1.807, 2.05) is 0 Å². The zero-order chi connectivity index (χ0) is 17.5. The third-order valence-corrected chi connectivity index (χ3v) is 3.88. The number of aromatic nitrogens is 2. The molecule has 1 saturated heterocycles. The number of methoxy groups -OCH3 is 2. The predicted molar refractivity (Wildman–Crippen MR) is 83.3 cm³/mol. The van der Waals surface area contributed by atoms with Gasteiger partial charge in [0.25, 0.3) is 5.91 Å². The molecule has 24 heavy (non-hydrogen) atoms. The van der Waals surface area contributed by atoms with Crippen molar-refractivity contribution in [3.05, 3.63) is 18.0 Å². The maximum Gasteiger partial charge on any atom is 0.328 e. The summed E-state index contributed by atoms with van der Waals surface area (Å²) in [4.78, 5) is 35.3. The highest BCUT2D eigenvalue weighted by atomic mass is 16.5.